The lowest BCUT2D eigenvalue weighted by Crippen LogP contribution is -2.14. The summed E-state index contributed by atoms with van der Waals surface area (Å²) >= 11 is 1.72. The molecule has 19 heavy (non-hydrogen) atoms. The number of ether oxygens (including phenoxy) is 1. The highest BCUT2D eigenvalue weighted by atomic mass is 32.2. The SMILES string of the molecule is CC1OCCC1Sc1nc2c(cc1C#N)CCCC2. The molecule has 0 amide bonds. The maximum absolute atomic E-state index is 9.33. The molecule has 0 aromatic carbocycles. The predicted octanol–water partition coefficient (Wildman–Crippen LogP) is 3.10. The zero-order chi connectivity index (χ0) is 13.2. The molecular weight excluding hydrogens is 256 g/mol. The van der Waals surface area contributed by atoms with Crippen LogP contribution in [0, 0.1) is 11.3 Å². The highest BCUT2D eigenvalue weighted by Crippen LogP contribution is 2.34. The summed E-state index contributed by atoms with van der Waals surface area (Å²) in [4.78, 5) is 4.77. The van der Waals surface area contributed by atoms with Crippen LogP contribution in [0.2, 0.25) is 0 Å². The number of thioether (sulfide) groups is 1. The minimum atomic E-state index is 0.259. The Bertz CT molecular complexity index is 524. The number of fused-ring (bicyclic) bond motifs is 1. The molecule has 3 rings (SSSR count). The van der Waals surface area contributed by atoms with Crippen molar-refractivity contribution in [2.75, 3.05) is 6.61 Å². The lowest BCUT2D eigenvalue weighted by atomic mass is 9.95. The number of nitrogens with zero attached hydrogens (tertiary/aromatic N) is 2. The minimum absolute atomic E-state index is 0.259. The molecule has 1 aliphatic heterocycles. The first-order valence-electron chi connectivity index (χ1n) is 6.99. The summed E-state index contributed by atoms with van der Waals surface area (Å²) < 4.78 is 5.59. The van der Waals surface area contributed by atoms with Crippen LogP contribution in [0.25, 0.3) is 0 Å². The second kappa shape index (κ2) is 5.52. The lowest BCUT2D eigenvalue weighted by Gasteiger charge is -2.18. The van der Waals surface area contributed by atoms with E-state index in [0.29, 0.717) is 5.25 Å². The van der Waals surface area contributed by atoms with Crippen LogP contribution in [0.1, 0.15) is 43.0 Å². The molecule has 3 nitrogen and oxygen atoms in total. The van der Waals surface area contributed by atoms with Crippen molar-refractivity contribution in [3.05, 3.63) is 22.9 Å². The van der Waals surface area contributed by atoms with Gasteiger partial charge in [-0.1, -0.05) is 11.8 Å². The second-order valence-electron chi connectivity index (χ2n) is 5.29. The van der Waals surface area contributed by atoms with E-state index in [9.17, 15) is 5.26 Å². The Morgan fingerprint density at radius 1 is 1.42 bits per heavy atom. The van der Waals surface area contributed by atoms with Crippen molar-refractivity contribution in [2.45, 2.75) is 55.4 Å². The topological polar surface area (TPSA) is 45.9 Å². The molecule has 4 heteroatoms. The van der Waals surface area contributed by atoms with Gasteiger partial charge in [-0.05, 0) is 50.7 Å². The monoisotopic (exact) mass is 274 g/mol. The molecule has 0 saturated carbocycles. The van der Waals surface area contributed by atoms with Gasteiger partial charge in [-0.25, -0.2) is 4.98 Å². The highest BCUT2D eigenvalue weighted by molar-refractivity contribution is 8.00. The number of aromatic nitrogens is 1. The third-order valence-corrected chi connectivity index (χ3v) is 5.41. The maximum Gasteiger partial charge on any atom is 0.114 e. The van der Waals surface area contributed by atoms with Crippen LogP contribution in [-0.2, 0) is 17.6 Å². The molecule has 2 aliphatic rings. The number of rotatable bonds is 2. The largest absolute Gasteiger partial charge is 0.377 e. The van der Waals surface area contributed by atoms with Gasteiger partial charge in [0.15, 0.2) is 0 Å². The number of hydrogen-bond donors (Lipinski definition) is 0. The molecule has 2 atom stereocenters. The molecule has 1 aromatic rings. The van der Waals surface area contributed by atoms with Gasteiger partial charge in [0.25, 0.3) is 0 Å². The summed E-state index contributed by atoms with van der Waals surface area (Å²) in [6.45, 7) is 2.93. The molecule has 0 bridgehead atoms. The molecule has 1 aromatic heterocycles. The Labute approximate surface area is 118 Å². The summed E-state index contributed by atoms with van der Waals surface area (Å²) in [5.41, 5.74) is 3.23. The molecule has 2 unspecified atom stereocenters. The molecule has 1 saturated heterocycles. The van der Waals surface area contributed by atoms with Crippen molar-refractivity contribution in [2.24, 2.45) is 0 Å². The van der Waals surface area contributed by atoms with Crippen molar-refractivity contribution < 1.29 is 4.74 Å². The number of pyridine rings is 1. The molecule has 1 fully saturated rings. The number of nitriles is 1. The number of aryl methyl sites for hydroxylation is 2. The summed E-state index contributed by atoms with van der Waals surface area (Å²) in [5.74, 6) is 0. The van der Waals surface area contributed by atoms with Crippen molar-refractivity contribution in [1.82, 2.24) is 4.98 Å². The zero-order valence-corrected chi connectivity index (χ0v) is 12.0. The van der Waals surface area contributed by atoms with Crippen molar-refractivity contribution in [3.8, 4) is 6.07 Å². The summed E-state index contributed by atoms with van der Waals surface area (Å²) in [6.07, 6.45) is 5.89. The minimum Gasteiger partial charge on any atom is -0.377 e. The van der Waals surface area contributed by atoms with E-state index in [0.717, 1.165) is 36.5 Å². The van der Waals surface area contributed by atoms with Crippen LogP contribution in [-0.4, -0.2) is 22.9 Å². The summed E-state index contributed by atoms with van der Waals surface area (Å²) in [7, 11) is 0. The average molecular weight is 274 g/mol. The molecule has 2 heterocycles. The van der Waals surface area contributed by atoms with E-state index in [4.69, 9.17) is 9.72 Å². The van der Waals surface area contributed by atoms with E-state index in [1.54, 1.807) is 11.8 Å². The fraction of sp³-hybridized carbons (Fsp3) is 0.600. The Hall–Kier alpha value is -1.05. The molecule has 0 spiro atoms. The molecule has 0 radical (unpaired) electrons. The third-order valence-electron chi connectivity index (χ3n) is 3.96. The fourth-order valence-electron chi connectivity index (χ4n) is 2.79. The molecular formula is C15H18N2OS. The van der Waals surface area contributed by atoms with Gasteiger partial charge in [0.1, 0.15) is 11.1 Å². The van der Waals surface area contributed by atoms with Crippen LogP contribution in [0.4, 0.5) is 0 Å². The van der Waals surface area contributed by atoms with Gasteiger partial charge in [-0.15, -0.1) is 0 Å². The van der Waals surface area contributed by atoms with Gasteiger partial charge in [0, 0.05) is 17.6 Å². The quantitative estimate of drug-likeness (QED) is 0.831. The Kier molecular flexibility index (Phi) is 3.76. The average Bonchev–Trinajstić information content (AvgIpc) is 2.83. The number of hydrogen-bond acceptors (Lipinski definition) is 4. The van der Waals surface area contributed by atoms with E-state index in [1.807, 2.05) is 0 Å². The van der Waals surface area contributed by atoms with Crippen LogP contribution < -0.4 is 0 Å². The van der Waals surface area contributed by atoms with Crippen molar-refractivity contribution in [1.29, 1.82) is 5.26 Å². The molecule has 1 aliphatic carbocycles. The lowest BCUT2D eigenvalue weighted by molar-refractivity contribution is 0.127. The summed E-state index contributed by atoms with van der Waals surface area (Å²) in [6, 6.07) is 4.37. The Morgan fingerprint density at radius 3 is 3.00 bits per heavy atom. The Morgan fingerprint density at radius 2 is 2.26 bits per heavy atom. The third kappa shape index (κ3) is 2.63. The maximum atomic E-state index is 9.33. The fourth-order valence-corrected chi connectivity index (χ4v) is 3.96. The molecule has 100 valence electrons. The first kappa shape index (κ1) is 13.0. The zero-order valence-electron chi connectivity index (χ0n) is 11.2. The smallest absolute Gasteiger partial charge is 0.114 e. The van der Waals surface area contributed by atoms with Gasteiger partial charge >= 0.3 is 0 Å². The van der Waals surface area contributed by atoms with E-state index < -0.39 is 0 Å². The van der Waals surface area contributed by atoms with Gasteiger partial charge in [0.05, 0.1) is 11.7 Å². The van der Waals surface area contributed by atoms with E-state index in [1.165, 1.54) is 24.1 Å². The van der Waals surface area contributed by atoms with E-state index in [2.05, 4.69) is 19.1 Å². The van der Waals surface area contributed by atoms with Crippen LogP contribution in [0.3, 0.4) is 0 Å². The Balaban J connectivity index is 1.89. The van der Waals surface area contributed by atoms with Gasteiger partial charge < -0.3 is 4.74 Å². The van der Waals surface area contributed by atoms with E-state index in [-0.39, 0.29) is 6.10 Å². The van der Waals surface area contributed by atoms with Crippen molar-refractivity contribution in [3.63, 3.8) is 0 Å². The predicted molar refractivity (Wildman–Crippen MR) is 75.3 cm³/mol. The standard InChI is InChI=1S/C15H18N2OS/c1-10-14(6-7-18-10)19-15-12(9-16)8-11-4-2-3-5-13(11)17-15/h8,10,14H,2-7H2,1H3. The molecule has 0 N–H and O–H groups in total. The second-order valence-corrected chi connectivity index (χ2v) is 6.51. The van der Waals surface area contributed by atoms with Crippen LogP contribution >= 0.6 is 11.8 Å². The first-order valence-corrected chi connectivity index (χ1v) is 7.87. The normalized spacial score (nSPS) is 25.9. The van der Waals surface area contributed by atoms with Gasteiger partial charge in [-0.2, -0.15) is 5.26 Å². The van der Waals surface area contributed by atoms with Crippen LogP contribution in [0.5, 0.6) is 0 Å². The summed E-state index contributed by atoms with van der Waals surface area (Å²) in [5, 5.41) is 10.7. The van der Waals surface area contributed by atoms with E-state index >= 15 is 0 Å². The van der Waals surface area contributed by atoms with Crippen molar-refractivity contribution >= 4 is 11.8 Å². The van der Waals surface area contributed by atoms with Gasteiger partial charge in [0.2, 0.25) is 0 Å². The van der Waals surface area contributed by atoms with Gasteiger partial charge in [-0.3, -0.25) is 0 Å². The van der Waals surface area contributed by atoms with Crippen LogP contribution in [0.15, 0.2) is 11.1 Å². The first-order chi connectivity index (χ1) is 9.28. The highest BCUT2D eigenvalue weighted by Gasteiger charge is 2.27.